The van der Waals surface area contributed by atoms with E-state index in [-0.39, 0.29) is 6.54 Å². The van der Waals surface area contributed by atoms with E-state index in [1.54, 1.807) is 11.7 Å². The van der Waals surface area contributed by atoms with Crippen molar-refractivity contribution in [2.75, 3.05) is 7.11 Å². The first-order chi connectivity index (χ1) is 11.0. The molecule has 5 heteroatoms. The van der Waals surface area contributed by atoms with Crippen LogP contribution in [0, 0.1) is 13.8 Å². The molecule has 1 heterocycles. The van der Waals surface area contributed by atoms with Gasteiger partial charge in [0, 0.05) is 0 Å². The molecule has 0 fully saturated rings. The summed E-state index contributed by atoms with van der Waals surface area (Å²) in [6, 6.07) is 11.5. The number of imidazole rings is 1. The molecule has 2 aromatic carbocycles. The Morgan fingerprint density at radius 3 is 2.61 bits per heavy atom. The Hall–Kier alpha value is -2.82. The fourth-order valence-electron chi connectivity index (χ4n) is 2.71. The second-order valence-electron chi connectivity index (χ2n) is 5.54. The Bertz CT molecular complexity index is 897. The molecule has 0 bridgehead atoms. The molecule has 118 valence electrons. The van der Waals surface area contributed by atoms with Gasteiger partial charge in [0.1, 0.15) is 18.1 Å². The Labute approximate surface area is 134 Å². The predicted octanol–water partition coefficient (Wildman–Crippen LogP) is 3.41. The third-order valence-electron chi connectivity index (χ3n) is 4.00. The van der Waals surface area contributed by atoms with Gasteiger partial charge < -0.3 is 14.4 Å². The summed E-state index contributed by atoms with van der Waals surface area (Å²) in [5.74, 6) is 0.367. The van der Waals surface area contributed by atoms with E-state index in [9.17, 15) is 9.90 Å². The van der Waals surface area contributed by atoms with Crippen LogP contribution in [0.15, 0.2) is 36.4 Å². The van der Waals surface area contributed by atoms with E-state index in [2.05, 4.69) is 4.98 Å². The van der Waals surface area contributed by atoms with Crippen molar-refractivity contribution in [1.29, 1.82) is 0 Å². The van der Waals surface area contributed by atoms with Crippen LogP contribution in [0.4, 0.5) is 0 Å². The maximum atomic E-state index is 11.3. The zero-order valence-electron chi connectivity index (χ0n) is 13.3. The van der Waals surface area contributed by atoms with Gasteiger partial charge >= 0.3 is 5.97 Å². The summed E-state index contributed by atoms with van der Waals surface area (Å²) < 4.78 is 7.13. The second-order valence-corrected chi connectivity index (χ2v) is 5.54. The molecular formula is C18H18N2O3. The van der Waals surface area contributed by atoms with Crippen molar-refractivity contribution in [1.82, 2.24) is 9.55 Å². The number of carboxylic acids is 1. The standard InChI is InChI=1S/C18H18N2O3/c1-11-8-14-15(9-12(11)2)20(10-17(21)22)18(19-14)13-6-4-5-7-16(13)23-3/h4-9H,10H2,1-3H3,(H,21,22). The molecule has 0 aliphatic carbocycles. The van der Waals surface area contributed by atoms with Crippen LogP contribution >= 0.6 is 0 Å². The van der Waals surface area contributed by atoms with Crippen molar-refractivity contribution in [2.45, 2.75) is 20.4 Å². The molecule has 3 aromatic rings. The largest absolute Gasteiger partial charge is 0.496 e. The molecule has 3 rings (SSSR count). The molecule has 0 aliphatic heterocycles. The van der Waals surface area contributed by atoms with E-state index < -0.39 is 5.97 Å². The molecule has 0 saturated carbocycles. The summed E-state index contributed by atoms with van der Waals surface area (Å²) in [5, 5.41) is 9.29. The first kappa shape index (κ1) is 15.1. The van der Waals surface area contributed by atoms with Crippen molar-refractivity contribution in [3.63, 3.8) is 0 Å². The first-order valence-corrected chi connectivity index (χ1v) is 7.34. The number of para-hydroxylation sites is 1. The Kier molecular flexibility index (Phi) is 3.78. The van der Waals surface area contributed by atoms with Gasteiger partial charge in [0.25, 0.3) is 0 Å². The van der Waals surface area contributed by atoms with Gasteiger partial charge in [-0.15, -0.1) is 0 Å². The summed E-state index contributed by atoms with van der Waals surface area (Å²) in [4.78, 5) is 16.0. The number of ether oxygens (including phenoxy) is 1. The maximum absolute atomic E-state index is 11.3. The predicted molar refractivity (Wildman–Crippen MR) is 88.8 cm³/mol. The van der Waals surface area contributed by atoms with Gasteiger partial charge in [-0.05, 0) is 49.2 Å². The molecule has 0 spiro atoms. The minimum atomic E-state index is -0.904. The molecule has 0 saturated heterocycles. The first-order valence-electron chi connectivity index (χ1n) is 7.34. The zero-order valence-corrected chi connectivity index (χ0v) is 13.3. The fourth-order valence-corrected chi connectivity index (χ4v) is 2.71. The van der Waals surface area contributed by atoms with E-state index in [0.29, 0.717) is 11.6 Å². The highest BCUT2D eigenvalue weighted by Crippen LogP contribution is 2.32. The molecule has 23 heavy (non-hydrogen) atoms. The summed E-state index contributed by atoms with van der Waals surface area (Å²) >= 11 is 0. The zero-order chi connectivity index (χ0) is 16.6. The Morgan fingerprint density at radius 1 is 1.22 bits per heavy atom. The normalized spacial score (nSPS) is 10.9. The molecule has 5 nitrogen and oxygen atoms in total. The average Bonchev–Trinajstić information content (AvgIpc) is 2.85. The van der Waals surface area contributed by atoms with Gasteiger partial charge in [0.2, 0.25) is 0 Å². The number of methoxy groups -OCH3 is 1. The number of aryl methyl sites for hydroxylation is 2. The SMILES string of the molecule is COc1ccccc1-c1nc2cc(C)c(C)cc2n1CC(=O)O. The number of hydrogen-bond donors (Lipinski definition) is 1. The number of carbonyl (C=O) groups is 1. The van der Waals surface area contributed by atoms with Gasteiger partial charge in [0.15, 0.2) is 0 Å². The van der Waals surface area contributed by atoms with Crippen LogP contribution in [0.25, 0.3) is 22.4 Å². The fraction of sp³-hybridized carbons (Fsp3) is 0.222. The minimum absolute atomic E-state index is 0.146. The number of aromatic nitrogens is 2. The highest BCUT2D eigenvalue weighted by molar-refractivity contribution is 5.85. The number of fused-ring (bicyclic) bond motifs is 1. The summed E-state index contributed by atoms with van der Waals surface area (Å²) in [6.07, 6.45) is 0. The highest BCUT2D eigenvalue weighted by Gasteiger charge is 2.18. The summed E-state index contributed by atoms with van der Waals surface area (Å²) in [5.41, 5.74) is 4.62. The lowest BCUT2D eigenvalue weighted by atomic mass is 10.1. The molecule has 0 amide bonds. The molecule has 0 atom stereocenters. The Balaban J connectivity index is 2.33. The number of carboxylic acid groups (broad SMARTS) is 1. The molecule has 0 radical (unpaired) electrons. The number of nitrogens with zero attached hydrogens (tertiary/aromatic N) is 2. The minimum Gasteiger partial charge on any atom is -0.496 e. The molecule has 0 aliphatic rings. The highest BCUT2D eigenvalue weighted by atomic mass is 16.5. The van der Waals surface area contributed by atoms with Crippen LogP contribution in [-0.4, -0.2) is 27.7 Å². The van der Waals surface area contributed by atoms with Crippen molar-refractivity contribution in [2.24, 2.45) is 0 Å². The third kappa shape index (κ3) is 2.65. The topological polar surface area (TPSA) is 64.4 Å². The van der Waals surface area contributed by atoms with Gasteiger partial charge in [-0.2, -0.15) is 0 Å². The molecular weight excluding hydrogens is 292 g/mol. The van der Waals surface area contributed by atoms with Crippen LogP contribution in [0.3, 0.4) is 0 Å². The van der Waals surface area contributed by atoms with Gasteiger partial charge in [-0.3, -0.25) is 4.79 Å². The van der Waals surface area contributed by atoms with E-state index in [4.69, 9.17) is 4.74 Å². The lowest BCUT2D eigenvalue weighted by Crippen LogP contribution is -2.10. The van der Waals surface area contributed by atoms with Gasteiger partial charge in [-0.1, -0.05) is 12.1 Å². The van der Waals surface area contributed by atoms with Crippen molar-refractivity contribution < 1.29 is 14.6 Å². The summed E-state index contributed by atoms with van der Waals surface area (Å²) in [6.45, 7) is 3.88. The average molecular weight is 310 g/mol. The second kappa shape index (κ2) is 5.76. The van der Waals surface area contributed by atoms with Crippen molar-refractivity contribution >= 4 is 17.0 Å². The van der Waals surface area contributed by atoms with Crippen molar-refractivity contribution in [3.8, 4) is 17.1 Å². The van der Waals surface area contributed by atoms with Gasteiger partial charge in [0.05, 0.1) is 23.7 Å². The molecule has 1 N–H and O–H groups in total. The van der Waals surface area contributed by atoms with E-state index in [1.807, 2.05) is 50.2 Å². The van der Waals surface area contributed by atoms with Gasteiger partial charge in [-0.25, -0.2) is 4.98 Å². The lowest BCUT2D eigenvalue weighted by Gasteiger charge is -2.10. The van der Waals surface area contributed by atoms with E-state index in [1.165, 1.54) is 0 Å². The van der Waals surface area contributed by atoms with Crippen molar-refractivity contribution in [3.05, 3.63) is 47.5 Å². The van der Waals surface area contributed by atoms with Crippen LogP contribution in [0.5, 0.6) is 5.75 Å². The monoisotopic (exact) mass is 310 g/mol. The third-order valence-corrected chi connectivity index (χ3v) is 4.00. The smallest absolute Gasteiger partial charge is 0.323 e. The molecule has 0 unspecified atom stereocenters. The number of benzene rings is 2. The Morgan fingerprint density at radius 2 is 1.91 bits per heavy atom. The molecule has 1 aromatic heterocycles. The van der Waals surface area contributed by atoms with Crippen LogP contribution in [-0.2, 0) is 11.3 Å². The number of aliphatic carboxylic acids is 1. The van der Waals surface area contributed by atoms with Crippen LogP contribution < -0.4 is 4.74 Å². The number of rotatable bonds is 4. The van der Waals surface area contributed by atoms with E-state index in [0.717, 1.165) is 27.7 Å². The lowest BCUT2D eigenvalue weighted by molar-refractivity contribution is -0.137. The van der Waals surface area contributed by atoms with E-state index >= 15 is 0 Å². The number of hydrogen-bond acceptors (Lipinski definition) is 3. The van der Waals surface area contributed by atoms with Crippen LogP contribution in [0.1, 0.15) is 11.1 Å². The quantitative estimate of drug-likeness (QED) is 0.802. The summed E-state index contributed by atoms with van der Waals surface area (Å²) in [7, 11) is 1.59. The van der Waals surface area contributed by atoms with Crippen LogP contribution in [0.2, 0.25) is 0 Å². The maximum Gasteiger partial charge on any atom is 0.323 e.